The van der Waals surface area contributed by atoms with E-state index in [1.165, 1.54) is 42.5 Å². The van der Waals surface area contributed by atoms with E-state index in [0.717, 1.165) is 18.2 Å². The number of benzene rings is 3. The highest BCUT2D eigenvalue weighted by molar-refractivity contribution is 5.96. The van der Waals surface area contributed by atoms with E-state index in [0.29, 0.717) is 31.6 Å². The second-order valence-electron chi connectivity index (χ2n) is 10.4. The largest absolute Gasteiger partial charge is 0.504 e. The molecule has 0 radical (unpaired) electrons. The van der Waals surface area contributed by atoms with Crippen LogP contribution in [0.1, 0.15) is 52.7 Å². The van der Waals surface area contributed by atoms with Gasteiger partial charge in [-0.3, -0.25) is 4.79 Å². The fourth-order valence-electron chi connectivity index (χ4n) is 5.01. The summed E-state index contributed by atoms with van der Waals surface area (Å²) >= 11 is 0. The molecular weight excluding hydrogens is 544 g/mol. The topological polar surface area (TPSA) is 113 Å². The molecule has 0 aromatic heterocycles. The van der Waals surface area contributed by atoms with Crippen molar-refractivity contribution in [1.82, 2.24) is 4.90 Å². The van der Waals surface area contributed by atoms with Crippen LogP contribution in [0.25, 0.3) is 0 Å². The Morgan fingerprint density at radius 1 is 1.00 bits per heavy atom. The van der Waals surface area contributed by atoms with Crippen molar-refractivity contribution in [3.63, 3.8) is 0 Å². The van der Waals surface area contributed by atoms with Crippen LogP contribution in [-0.2, 0) is 18.2 Å². The monoisotopic (exact) mass is 576 g/mol. The van der Waals surface area contributed by atoms with Gasteiger partial charge in [-0.2, -0.15) is 13.2 Å². The molecule has 0 bridgehead atoms. The molecule has 4 rings (SSSR count). The first-order valence-electron chi connectivity index (χ1n) is 13.2. The lowest BCUT2D eigenvalue weighted by Gasteiger charge is -2.38. The molecule has 7 nitrogen and oxygen atoms in total. The Hall–Kier alpha value is -3.67. The highest BCUT2D eigenvalue weighted by atomic mass is 19.4. The third-order valence-electron chi connectivity index (χ3n) is 7.36. The first-order valence-corrected chi connectivity index (χ1v) is 13.2. The second kappa shape index (κ2) is 12.5. The van der Waals surface area contributed by atoms with Crippen molar-refractivity contribution in [3.05, 3.63) is 88.7 Å². The smallest absolute Gasteiger partial charge is 0.416 e. The fourth-order valence-corrected chi connectivity index (χ4v) is 5.01. The molecule has 41 heavy (non-hydrogen) atoms. The summed E-state index contributed by atoms with van der Waals surface area (Å²) in [7, 11) is 0. The molecule has 0 saturated carbocycles. The van der Waals surface area contributed by atoms with Gasteiger partial charge in [0.05, 0.1) is 16.7 Å². The van der Waals surface area contributed by atoms with Gasteiger partial charge in [-0.05, 0) is 79.4 Å². The summed E-state index contributed by atoms with van der Waals surface area (Å²) in [4.78, 5) is 14.7. The summed E-state index contributed by atoms with van der Waals surface area (Å²) in [6, 6.07) is 12.8. The van der Waals surface area contributed by atoms with Crippen LogP contribution in [0.3, 0.4) is 0 Å². The van der Waals surface area contributed by atoms with E-state index in [9.17, 15) is 42.8 Å². The molecule has 220 valence electrons. The normalized spacial score (nSPS) is 16.3. The molecule has 1 aliphatic rings. The Morgan fingerprint density at radius 3 is 2.39 bits per heavy atom. The fraction of sp³-hybridized carbons (Fsp3) is 0.367. The molecule has 1 aliphatic heterocycles. The lowest BCUT2D eigenvalue weighted by Crippen LogP contribution is -2.43. The third-order valence-corrected chi connectivity index (χ3v) is 7.36. The molecule has 3 aromatic rings. The number of nitrogens with zero attached hydrogens (tertiary/aromatic N) is 1. The number of anilines is 1. The third kappa shape index (κ3) is 7.75. The minimum atomic E-state index is -4.49. The summed E-state index contributed by atoms with van der Waals surface area (Å²) in [5, 5.41) is 42.9. The maximum atomic E-state index is 14.7. The number of carbonyl (C=O) groups excluding carboxylic acids is 1. The molecule has 5 N–H and O–H groups in total. The average Bonchev–Trinajstić information content (AvgIpc) is 2.91. The van der Waals surface area contributed by atoms with Gasteiger partial charge in [-0.15, -0.1) is 0 Å². The number of likely N-dealkylation sites (tertiary alicyclic amines) is 1. The molecule has 3 aromatic carbocycles. The number of halogens is 4. The number of phenols is 2. The van der Waals surface area contributed by atoms with E-state index >= 15 is 0 Å². The van der Waals surface area contributed by atoms with Gasteiger partial charge >= 0.3 is 6.18 Å². The van der Waals surface area contributed by atoms with Gasteiger partial charge in [0.1, 0.15) is 12.0 Å². The number of hydrogen-bond acceptors (Lipinski definition) is 7. The van der Waals surface area contributed by atoms with Crippen molar-refractivity contribution in [3.8, 4) is 11.5 Å². The summed E-state index contributed by atoms with van der Waals surface area (Å²) in [5.74, 6) is -1.72. The zero-order chi connectivity index (χ0) is 29.8. The van der Waals surface area contributed by atoms with Gasteiger partial charge in [0.2, 0.25) is 0 Å². The Kier molecular flexibility index (Phi) is 9.21. The number of aromatic hydroxyl groups is 2. The highest BCUT2D eigenvalue weighted by Gasteiger charge is 2.37. The van der Waals surface area contributed by atoms with Crippen molar-refractivity contribution in [2.24, 2.45) is 0 Å². The highest BCUT2D eigenvalue weighted by Crippen LogP contribution is 2.37. The molecular formula is C30H32F4N2O5. The Morgan fingerprint density at radius 2 is 1.73 bits per heavy atom. The van der Waals surface area contributed by atoms with Crippen molar-refractivity contribution < 1.29 is 42.8 Å². The van der Waals surface area contributed by atoms with Crippen LogP contribution >= 0.6 is 0 Å². The Bertz CT molecular complexity index is 1370. The maximum absolute atomic E-state index is 14.7. The molecule has 0 spiro atoms. The van der Waals surface area contributed by atoms with Crippen molar-refractivity contribution in [2.45, 2.75) is 50.1 Å². The quantitative estimate of drug-likeness (QED) is 0.0979. The summed E-state index contributed by atoms with van der Waals surface area (Å²) in [6.07, 6.45) is -4.49. The molecule has 0 amide bonds. The number of nitrogens with one attached hydrogen (secondary N) is 1. The molecule has 1 fully saturated rings. The SMILES string of the molecule is O=C(CCCN1CCC(O)(c2cccc(C(F)(F)F)c2)CC1)c1ccc(NC(O)Cc2ccc(O)c(O)c2)cc1F. The van der Waals surface area contributed by atoms with Crippen molar-refractivity contribution in [1.29, 1.82) is 0 Å². The van der Waals surface area contributed by atoms with Gasteiger partial charge in [-0.1, -0.05) is 18.2 Å². The summed E-state index contributed by atoms with van der Waals surface area (Å²) < 4.78 is 53.9. The van der Waals surface area contributed by atoms with E-state index in [1.54, 1.807) is 0 Å². The Balaban J connectivity index is 1.24. The van der Waals surface area contributed by atoms with E-state index < -0.39 is 29.4 Å². The molecule has 1 heterocycles. The molecule has 0 aliphatic carbocycles. The second-order valence-corrected chi connectivity index (χ2v) is 10.4. The van der Waals surface area contributed by atoms with Crippen LogP contribution in [0.4, 0.5) is 23.2 Å². The number of piperidine rings is 1. The number of phenolic OH excluding ortho intramolecular Hbond substituents is 2. The lowest BCUT2D eigenvalue weighted by molar-refractivity contribution is -0.137. The molecule has 11 heteroatoms. The Labute approximate surface area is 234 Å². The zero-order valence-electron chi connectivity index (χ0n) is 22.2. The molecule has 1 unspecified atom stereocenters. The number of rotatable bonds is 10. The van der Waals surface area contributed by atoms with Crippen LogP contribution in [0.2, 0.25) is 0 Å². The first-order chi connectivity index (χ1) is 19.3. The lowest BCUT2D eigenvalue weighted by atomic mass is 9.83. The predicted molar refractivity (Wildman–Crippen MR) is 144 cm³/mol. The number of aliphatic hydroxyl groups excluding tert-OH is 1. The van der Waals surface area contributed by atoms with Crippen LogP contribution < -0.4 is 5.32 Å². The van der Waals surface area contributed by atoms with Gasteiger partial charge < -0.3 is 30.6 Å². The van der Waals surface area contributed by atoms with Gasteiger partial charge in [-0.25, -0.2) is 4.39 Å². The van der Waals surface area contributed by atoms with Crippen LogP contribution in [0.15, 0.2) is 60.7 Å². The zero-order valence-corrected chi connectivity index (χ0v) is 22.2. The minimum absolute atomic E-state index is 0.0734. The summed E-state index contributed by atoms with van der Waals surface area (Å²) in [5.41, 5.74) is -1.19. The van der Waals surface area contributed by atoms with E-state index in [-0.39, 0.29) is 59.8 Å². The minimum Gasteiger partial charge on any atom is -0.504 e. The number of carbonyl (C=O) groups is 1. The number of aliphatic hydroxyl groups is 2. The van der Waals surface area contributed by atoms with Crippen LogP contribution in [0, 0.1) is 5.82 Å². The summed E-state index contributed by atoms with van der Waals surface area (Å²) in [6.45, 7) is 1.41. The van der Waals surface area contributed by atoms with Crippen molar-refractivity contribution >= 4 is 11.5 Å². The van der Waals surface area contributed by atoms with Gasteiger partial charge in [0.15, 0.2) is 17.3 Å². The van der Waals surface area contributed by atoms with Crippen molar-refractivity contribution in [2.75, 3.05) is 25.0 Å². The first kappa shape index (κ1) is 30.3. The molecule has 1 atom stereocenters. The van der Waals surface area contributed by atoms with Crippen LogP contribution in [-0.4, -0.2) is 57.0 Å². The van der Waals surface area contributed by atoms with Gasteiger partial charge in [0, 0.05) is 31.6 Å². The standard InChI is InChI=1S/C30H32F4N2O5/c31-24-18-22(35-28(40)16-19-6-9-26(38)27(39)15-19)7-8-23(24)25(37)5-2-12-36-13-10-29(41,11-14-36)20-3-1-4-21(17-20)30(32,33)34/h1,3-4,6-9,15,17-18,28,35,38-41H,2,5,10-14,16H2. The number of ketones is 1. The maximum Gasteiger partial charge on any atom is 0.416 e. The molecule has 1 saturated heterocycles. The van der Waals surface area contributed by atoms with Crippen LogP contribution in [0.5, 0.6) is 11.5 Å². The number of alkyl halides is 3. The number of hydrogen-bond donors (Lipinski definition) is 5. The van der Waals surface area contributed by atoms with Gasteiger partial charge in [0.25, 0.3) is 0 Å². The van der Waals surface area contributed by atoms with E-state index in [4.69, 9.17) is 0 Å². The predicted octanol–water partition coefficient (Wildman–Crippen LogP) is 5.18. The van der Waals surface area contributed by atoms with E-state index in [1.807, 2.05) is 4.90 Å². The number of Topliss-reactive ketones (excluding diaryl/α,β-unsaturated/α-hetero) is 1. The average molecular weight is 577 g/mol. The van der Waals surface area contributed by atoms with E-state index in [2.05, 4.69) is 5.32 Å².